The van der Waals surface area contributed by atoms with Gasteiger partial charge in [0, 0.05) is 23.0 Å². The van der Waals surface area contributed by atoms with Gasteiger partial charge in [0.25, 0.3) is 0 Å². The van der Waals surface area contributed by atoms with Crippen LogP contribution in [0.2, 0.25) is 0 Å². The van der Waals surface area contributed by atoms with Crippen LogP contribution in [0.4, 0.5) is 0 Å². The zero-order valence-corrected chi connectivity index (χ0v) is 10.9. The second-order valence-electron chi connectivity index (χ2n) is 4.55. The van der Waals surface area contributed by atoms with Gasteiger partial charge in [0.15, 0.2) is 11.6 Å². The number of carbonyl (C=O) groups is 4. The Kier molecular flexibility index (Phi) is 4.11. The Labute approximate surface area is 106 Å². The van der Waals surface area contributed by atoms with Gasteiger partial charge in [-0.15, -0.1) is 0 Å². The van der Waals surface area contributed by atoms with Crippen LogP contribution in [-0.2, 0) is 19.2 Å². The molecular weight excluding hydrogens is 232 g/mol. The van der Waals surface area contributed by atoms with Gasteiger partial charge in [-0.25, -0.2) is 0 Å². The lowest BCUT2D eigenvalue weighted by atomic mass is 9.76. The lowest BCUT2D eigenvalue weighted by Gasteiger charge is -2.24. The van der Waals surface area contributed by atoms with Crippen LogP contribution in [0.1, 0.15) is 27.7 Å². The summed E-state index contributed by atoms with van der Waals surface area (Å²) in [4.78, 5) is 46.1. The summed E-state index contributed by atoms with van der Waals surface area (Å²) in [5.74, 6) is -2.22. The van der Waals surface area contributed by atoms with Crippen molar-refractivity contribution in [2.75, 3.05) is 0 Å². The molecule has 0 aliphatic heterocycles. The second kappa shape index (κ2) is 5.21. The van der Waals surface area contributed by atoms with Gasteiger partial charge in [0.05, 0.1) is 0 Å². The minimum Gasteiger partial charge on any atom is -0.299 e. The first kappa shape index (κ1) is 14.2. The van der Waals surface area contributed by atoms with Crippen LogP contribution in [0.5, 0.6) is 0 Å². The van der Waals surface area contributed by atoms with E-state index in [1.54, 1.807) is 0 Å². The molecule has 0 saturated carbocycles. The second-order valence-corrected chi connectivity index (χ2v) is 4.55. The van der Waals surface area contributed by atoms with Crippen molar-refractivity contribution >= 4 is 23.1 Å². The number of rotatable bonds is 4. The molecule has 0 aromatic heterocycles. The Balaban J connectivity index is 3.36. The van der Waals surface area contributed by atoms with Crippen LogP contribution in [0.15, 0.2) is 23.3 Å². The highest BCUT2D eigenvalue weighted by molar-refractivity contribution is 6.12. The number of hydrogen-bond donors (Lipinski definition) is 0. The first-order chi connectivity index (χ1) is 8.25. The number of ketones is 4. The SMILES string of the molecule is CC(=O)C1=CC(C(C)=O)C(C(C)=O)C=C1C(C)=O. The predicted octanol–water partition coefficient (Wildman–Crippen LogP) is 1.44. The van der Waals surface area contributed by atoms with Crippen molar-refractivity contribution in [3.05, 3.63) is 23.3 Å². The van der Waals surface area contributed by atoms with Crippen molar-refractivity contribution in [2.24, 2.45) is 11.8 Å². The third kappa shape index (κ3) is 2.70. The van der Waals surface area contributed by atoms with Crippen LogP contribution < -0.4 is 0 Å². The molecule has 0 spiro atoms. The summed E-state index contributed by atoms with van der Waals surface area (Å²) < 4.78 is 0. The third-order valence-corrected chi connectivity index (χ3v) is 3.07. The molecule has 2 unspecified atom stereocenters. The average Bonchev–Trinajstić information content (AvgIpc) is 2.26. The zero-order valence-electron chi connectivity index (χ0n) is 10.9. The molecule has 0 N–H and O–H groups in total. The molecule has 18 heavy (non-hydrogen) atoms. The molecule has 0 amide bonds. The van der Waals surface area contributed by atoms with Gasteiger partial charge in [-0.3, -0.25) is 19.2 Å². The topological polar surface area (TPSA) is 68.3 Å². The maximum atomic E-state index is 11.5. The molecule has 1 aliphatic carbocycles. The fourth-order valence-electron chi connectivity index (χ4n) is 2.10. The summed E-state index contributed by atoms with van der Waals surface area (Å²) in [5.41, 5.74) is 0.473. The van der Waals surface area contributed by atoms with Gasteiger partial charge in [0.2, 0.25) is 0 Å². The minimum absolute atomic E-state index is 0.187. The minimum atomic E-state index is -0.649. The van der Waals surface area contributed by atoms with E-state index in [1.165, 1.54) is 39.8 Å². The Morgan fingerprint density at radius 3 is 1.17 bits per heavy atom. The summed E-state index contributed by atoms with van der Waals surface area (Å²) in [5, 5.41) is 0. The van der Waals surface area contributed by atoms with Crippen molar-refractivity contribution in [2.45, 2.75) is 27.7 Å². The molecular formula is C14H16O4. The van der Waals surface area contributed by atoms with Gasteiger partial charge in [-0.05, 0) is 27.7 Å². The summed E-state index contributed by atoms with van der Waals surface area (Å²) in [6.45, 7) is 5.44. The molecule has 0 bridgehead atoms. The number of hydrogen-bond acceptors (Lipinski definition) is 4. The molecule has 0 aromatic rings. The fraction of sp³-hybridized carbons (Fsp3) is 0.429. The smallest absolute Gasteiger partial charge is 0.160 e. The lowest BCUT2D eigenvalue weighted by molar-refractivity contribution is -0.127. The van der Waals surface area contributed by atoms with Gasteiger partial charge in [0.1, 0.15) is 11.6 Å². The maximum Gasteiger partial charge on any atom is 0.160 e. The normalized spacial score (nSPS) is 22.9. The molecule has 4 nitrogen and oxygen atoms in total. The summed E-state index contributed by atoms with van der Waals surface area (Å²) in [7, 11) is 0. The van der Waals surface area contributed by atoms with Gasteiger partial charge in [-0.2, -0.15) is 0 Å². The molecule has 0 aromatic carbocycles. The summed E-state index contributed by atoms with van der Waals surface area (Å²) in [6, 6.07) is 0. The number of Topliss-reactive ketones (excluding diaryl/α,β-unsaturated/α-hetero) is 4. The summed E-state index contributed by atoms with van der Waals surface area (Å²) >= 11 is 0. The molecule has 0 saturated heterocycles. The highest BCUT2D eigenvalue weighted by Gasteiger charge is 2.33. The fourth-order valence-corrected chi connectivity index (χ4v) is 2.10. The first-order valence-electron chi connectivity index (χ1n) is 5.72. The molecule has 0 fully saturated rings. The Morgan fingerprint density at radius 2 is 1.00 bits per heavy atom. The molecule has 2 atom stereocenters. The number of allylic oxidation sites excluding steroid dienone is 4. The van der Waals surface area contributed by atoms with E-state index in [0.29, 0.717) is 0 Å². The molecule has 1 aliphatic rings. The van der Waals surface area contributed by atoms with Crippen LogP contribution in [-0.4, -0.2) is 23.1 Å². The van der Waals surface area contributed by atoms with Crippen LogP contribution >= 0.6 is 0 Å². The Hall–Kier alpha value is -1.84. The van der Waals surface area contributed by atoms with Crippen LogP contribution in [0, 0.1) is 11.8 Å². The van der Waals surface area contributed by atoms with Crippen molar-refractivity contribution in [3.63, 3.8) is 0 Å². The van der Waals surface area contributed by atoms with E-state index in [4.69, 9.17) is 0 Å². The molecule has 4 heteroatoms. The third-order valence-electron chi connectivity index (χ3n) is 3.07. The largest absolute Gasteiger partial charge is 0.299 e. The molecule has 0 heterocycles. The average molecular weight is 248 g/mol. The quantitative estimate of drug-likeness (QED) is 0.755. The van der Waals surface area contributed by atoms with Crippen LogP contribution in [0.25, 0.3) is 0 Å². The lowest BCUT2D eigenvalue weighted by Crippen LogP contribution is -2.29. The first-order valence-corrected chi connectivity index (χ1v) is 5.72. The molecule has 96 valence electrons. The Bertz CT molecular complexity index is 448. The van der Waals surface area contributed by atoms with E-state index in [0.717, 1.165) is 0 Å². The van der Waals surface area contributed by atoms with Gasteiger partial charge < -0.3 is 0 Å². The van der Waals surface area contributed by atoms with Crippen molar-refractivity contribution in [3.8, 4) is 0 Å². The highest BCUT2D eigenvalue weighted by Crippen LogP contribution is 2.30. The van der Waals surface area contributed by atoms with Crippen molar-refractivity contribution < 1.29 is 19.2 Å². The van der Waals surface area contributed by atoms with Crippen molar-refractivity contribution in [1.82, 2.24) is 0 Å². The molecule has 0 radical (unpaired) electrons. The van der Waals surface area contributed by atoms with Crippen LogP contribution in [0.3, 0.4) is 0 Å². The van der Waals surface area contributed by atoms with E-state index >= 15 is 0 Å². The van der Waals surface area contributed by atoms with E-state index in [2.05, 4.69) is 0 Å². The standard InChI is InChI=1S/C14H16O4/c1-7(15)11-5-13(9(3)17)14(10(4)18)6-12(11)8(2)16/h5-6,11-12H,1-4H3. The maximum absolute atomic E-state index is 11.5. The Morgan fingerprint density at radius 1 is 0.722 bits per heavy atom. The monoisotopic (exact) mass is 248 g/mol. The summed E-state index contributed by atoms with van der Waals surface area (Å²) in [6.07, 6.45) is 2.90. The van der Waals surface area contributed by atoms with E-state index < -0.39 is 11.8 Å². The zero-order chi connectivity index (χ0) is 14.0. The van der Waals surface area contributed by atoms with E-state index in [9.17, 15) is 19.2 Å². The highest BCUT2D eigenvalue weighted by atomic mass is 16.1. The van der Waals surface area contributed by atoms with E-state index in [1.807, 2.05) is 0 Å². The van der Waals surface area contributed by atoms with Crippen molar-refractivity contribution in [1.29, 1.82) is 0 Å². The van der Waals surface area contributed by atoms with E-state index in [-0.39, 0.29) is 34.3 Å². The molecule has 1 rings (SSSR count). The van der Waals surface area contributed by atoms with Gasteiger partial charge >= 0.3 is 0 Å². The van der Waals surface area contributed by atoms with Gasteiger partial charge in [-0.1, -0.05) is 12.2 Å². The predicted molar refractivity (Wildman–Crippen MR) is 65.9 cm³/mol. The number of carbonyl (C=O) groups excluding carboxylic acids is 4.